The maximum atomic E-state index is 11.8. The van der Waals surface area contributed by atoms with Crippen molar-refractivity contribution in [3.8, 4) is 0 Å². The highest BCUT2D eigenvalue weighted by atomic mass is 16.7. The van der Waals surface area contributed by atoms with Crippen molar-refractivity contribution in [3.63, 3.8) is 0 Å². The first-order valence-corrected chi connectivity index (χ1v) is 16.5. The minimum absolute atomic E-state index is 0.0348. The number of carboxylic acid groups (broad SMARTS) is 1. The van der Waals surface area contributed by atoms with E-state index in [0.717, 1.165) is 0 Å². The van der Waals surface area contributed by atoms with Crippen molar-refractivity contribution >= 4 is 11.9 Å². The third-order valence-electron chi connectivity index (χ3n) is 10.3. The fourth-order valence-corrected chi connectivity index (χ4v) is 7.65. The van der Waals surface area contributed by atoms with Crippen LogP contribution in [0.5, 0.6) is 0 Å². The number of esters is 1. The Balaban J connectivity index is 1.33. The van der Waals surface area contributed by atoms with E-state index in [1.807, 2.05) is 0 Å². The maximum Gasteiger partial charge on any atom is 0.317 e. The monoisotopic (exact) mass is 697 g/mol. The molecule has 11 N–H and O–H groups in total. The van der Waals surface area contributed by atoms with Crippen LogP contribution in [-0.2, 0) is 33.3 Å². The Morgan fingerprint density at radius 3 is 1.88 bits per heavy atom. The molecule has 276 valence electrons. The number of rotatable bonds is 10. The summed E-state index contributed by atoms with van der Waals surface area (Å²) in [4.78, 5) is 22.5. The number of carboxylic acids is 1. The summed E-state index contributed by atoms with van der Waals surface area (Å²) >= 11 is 0. The zero-order chi connectivity index (χ0) is 34.9. The van der Waals surface area contributed by atoms with E-state index in [2.05, 4.69) is 0 Å². The number of aliphatic hydroxyl groups excluding tert-OH is 9. The normalized spacial score (nSPS) is 48.4. The quantitative estimate of drug-likeness (QED) is 0.0583. The number of aliphatic hydroxyl groups is 11. The Labute approximate surface area is 275 Å². The Hall–Kier alpha value is -1.62. The lowest BCUT2D eigenvalue weighted by Gasteiger charge is -2.50. The van der Waals surface area contributed by atoms with Gasteiger partial charge < -0.3 is 79.5 Å². The first kappa shape index (κ1) is 37.6. The van der Waals surface area contributed by atoms with E-state index in [0.29, 0.717) is 25.7 Å². The van der Waals surface area contributed by atoms with E-state index in [9.17, 15) is 55.5 Å². The lowest BCUT2D eigenvalue weighted by molar-refractivity contribution is -0.366. The number of fused-ring (bicyclic) bond motifs is 1. The van der Waals surface area contributed by atoms with Crippen molar-refractivity contribution < 1.29 is 89.1 Å². The van der Waals surface area contributed by atoms with Gasteiger partial charge in [-0.15, -0.1) is 0 Å². The minimum atomic E-state index is -1.79. The summed E-state index contributed by atoms with van der Waals surface area (Å²) in [6, 6.07) is 0. The van der Waals surface area contributed by atoms with Gasteiger partial charge in [0.1, 0.15) is 68.0 Å². The van der Waals surface area contributed by atoms with Gasteiger partial charge in [-0.05, 0) is 32.1 Å². The van der Waals surface area contributed by atoms with Gasteiger partial charge in [0.05, 0.1) is 30.8 Å². The summed E-state index contributed by atoms with van der Waals surface area (Å²) < 4.78 is 33.7. The molecule has 5 fully saturated rings. The van der Waals surface area contributed by atoms with Gasteiger partial charge in [0.15, 0.2) is 24.8 Å². The highest BCUT2D eigenvalue weighted by Crippen LogP contribution is 2.43. The first-order chi connectivity index (χ1) is 22.8. The van der Waals surface area contributed by atoms with Gasteiger partial charge in [-0.1, -0.05) is 0 Å². The second kappa shape index (κ2) is 16.2. The molecule has 0 radical (unpaired) electrons. The van der Waals surface area contributed by atoms with Crippen LogP contribution in [-0.4, -0.2) is 179 Å². The SMILES string of the molecule is O=C(O)CC(=O)OCC1OC(OC2CC(O)CC3[OH+]C(C4CCC(O)CC4)C(OC4OC(CO)C(O)C(O)C4O)CC23)C(O)C(O)C1O. The van der Waals surface area contributed by atoms with Crippen LogP contribution >= 0.6 is 0 Å². The first-order valence-electron chi connectivity index (χ1n) is 16.5. The molecule has 3 heterocycles. The van der Waals surface area contributed by atoms with E-state index in [-0.39, 0.29) is 25.2 Å². The molecule has 18 heteroatoms. The Morgan fingerprint density at radius 2 is 1.27 bits per heavy atom. The smallest absolute Gasteiger partial charge is 0.317 e. The lowest BCUT2D eigenvalue weighted by atomic mass is 9.73. The van der Waals surface area contributed by atoms with Crippen LogP contribution in [0, 0.1) is 11.8 Å². The number of carbonyl (C=O) groups is 2. The molecule has 16 unspecified atom stereocenters. The average molecular weight is 698 g/mol. The molecule has 5 aliphatic rings. The van der Waals surface area contributed by atoms with Gasteiger partial charge in [0.2, 0.25) is 0 Å². The molecule has 2 aliphatic carbocycles. The second-order valence-electron chi connectivity index (χ2n) is 13.6. The van der Waals surface area contributed by atoms with Crippen molar-refractivity contribution in [1.82, 2.24) is 0 Å². The molecule has 2 saturated carbocycles. The minimum Gasteiger partial charge on any atom is -0.481 e. The number of ether oxygens (including phenoxy) is 6. The topological polar surface area (TPSA) is 295 Å². The molecule has 0 bridgehead atoms. The van der Waals surface area contributed by atoms with Crippen molar-refractivity contribution in [2.24, 2.45) is 11.8 Å². The highest BCUT2D eigenvalue weighted by Gasteiger charge is 2.56. The molecule has 3 aliphatic heterocycles. The third kappa shape index (κ3) is 8.46. The van der Waals surface area contributed by atoms with Crippen LogP contribution in [0.4, 0.5) is 0 Å². The molecule has 16 atom stereocenters. The van der Waals surface area contributed by atoms with Crippen LogP contribution in [0.25, 0.3) is 0 Å². The van der Waals surface area contributed by atoms with Gasteiger partial charge in [0, 0.05) is 18.8 Å². The summed E-state index contributed by atoms with van der Waals surface area (Å²) in [5, 5.41) is 103. The maximum absolute atomic E-state index is 11.8. The molecule has 18 nitrogen and oxygen atoms in total. The van der Waals surface area contributed by atoms with Crippen molar-refractivity contribution in [1.29, 1.82) is 0 Å². The Bertz CT molecular complexity index is 1070. The van der Waals surface area contributed by atoms with Crippen LogP contribution in [0.3, 0.4) is 0 Å². The Morgan fingerprint density at radius 1 is 0.688 bits per heavy atom. The summed E-state index contributed by atoms with van der Waals surface area (Å²) in [6.07, 6.45) is -17.6. The second-order valence-corrected chi connectivity index (χ2v) is 13.6. The van der Waals surface area contributed by atoms with E-state index in [1.54, 1.807) is 0 Å². The predicted molar refractivity (Wildman–Crippen MR) is 155 cm³/mol. The van der Waals surface area contributed by atoms with Gasteiger partial charge in [-0.3, -0.25) is 9.59 Å². The van der Waals surface area contributed by atoms with Crippen LogP contribution in [0.15, 0.2) is 0 Å². The van der Waals surface area contributed by atoms with Crippen molar-refractivity contribution in [3.05, 3.63) is 0 Å². The molecule has 0 aromatic rings. The van der Waals surface area contributed by atoms with E-state index in [4.69, 9.17) is 33.5 Å². The number of carbonyl (C=O) groups excluding carboxylic acids is 1. The molecular formula is C30H49O18+. The van der Waals surface area contributed by atoms with Crippen molar-refractivity contribution in [2.45, 2.75) is 149 Å². The summed E-state index contributed by atoms with van der Waals surface area (Å²) in [5.74, 6) is -3.04. The molecule has 3 saturated heterocycles. The summed E-state index contributed by atoms with van der Waals surface area (Å²) in [7, 11) is 0. The fourth-order valence-electron chi connectivity index (χ4n) is 7.65. The van der Waals surface area contributed by atoms with Gasteiger partial charge in [0.25, 0.3) is 0 Å². The van der Waals surface area contributed by atoms with E-state index in [1.165, 1.54) is 0 Å². The average Bonchev–Trinajstić information content (AvgIpc) is 3.04. The molecule has 48 heavy (non-hydrogen) atoms. The number of hydrogen-bond acceptors (Lipinski definition) is 16. The number of aliphatic carboxylic acids is 1. The highest BCUT2D eigenvalue weighted by molar-refractivity contribution is 5.90. The fraction of sp³-hybridized carbons (Fsp3) is 0.933. The van der Waals surface area contributed by atoms with E-state index >= 15 is 0 Å². The molecular weight excluding hydrogens is 648 g/mol. The zero-order valence-corrected chi connectivity index (χ0v) is 26.2. The van der Waals surface area contributed by atoms with Crippen molar-refractivity contribution in [2.75, 3.05) is 13.2 Å². The van der Waals surface area contributed by atoms with Crippen LogP contribution in [0.1, 0.15) is 51.4 Å². The summed E-state index contributed by atoms with van der Waals surface area (Å²) in [6.45, 7) is -1.29. The Kier molecular flexibility index (Phi) is 12.7. The van der Waals surface area contributed by atoms with Gasteiger partial charge >= 0.3 is 11.9 Å². The van der Waals surface area contributed by atoms with Gasteiger partial charge in [-0.25, -0.2) is 0 Å². The molecule has 0 amide bonds. The van der Waals surface area contributed by atoms with Crippen LogP contribution < -0.4 is 0 Å². The third-order valence-corrected chi connectivity index (χ3v) is 10.3. The number of hydrogen-bond donors (Lipinski definition) is 10. The summed E-state index contributed by atoms with van der Waals surface area (Å²) in [5.41, 5.74) is 0. The van der Waals surface area contributed by atoms with Gasteiger partial charge in [-0.2, -0.15) is 0 Å². The van der Waals surface area contributed by atoms with Crippen LogP contribution in [0.2, 0.25) is 0 Å². The largest absolute Gasteiger partial charge is 0.481 e. The molecule has 0 spiro atoms. The predicted octanol–water partition coefficient (Wildman–Crippen LogP) is -4.63. The molecule has 5 rings (SSSR count). The lowest BCUT2D eigenvalue weighted by Crippen LogP contribution is -2.64. The van der Waals surface area contributed by atoms with E-state index < -0.39 is 136 Å². The molecule has 0 aromatic heterocycles. The molecule has 0 aromatic carbocycles. The standard InChI is InChI=1S/C30H48O18/c31-9-18-22(37)24(39)26(41)30(47-18)46-17-7-14-15(44-28(17)11-1-3-12(32)4-2-11)5-13(33)6-16(14)45-29-27(42)25(40)23(38)19(48-29)10-43-21(36)8-20(34)35/h11-19,22-33,37-42H,1-10H2,(H,34,35)/p+1. The zero-order valence-electron chi connectivity index (χ0n) is 26.2.